The lowest BCUT2D eigenvalue weighted by Gasteiger charge is -2.37. The largest absolute Gasteiger partial charge is 0.291 e. The predicted molar refractivity (Wildman–Crippen MR) is 80.5 cm³/mol. The number of piperidine rings is 1. The van der Waals surface area contributed by atoms with Crippen molar-refractivity contribution in [1.29, 1.82) is 0 Å². The van der Waals surface area contributed by atoms with E-state index in [1.807, 2.05) is 0 Å². The average Bonchev–Trinajstić information content (AvgIpc) is 2.43. The van der Waals surface area contributed by atoms with Gasteiger partial charge < -0.3 is 0 Å². The van der Waals surface area contributed by atoms with Gasteiger partial charge in [0.1, 0.15) is 0 Å². The summed E-state index contributed by atoms with van der Waals surface area (Å²) in [5, 5.41) is 7.41. The van der Waals surface area contributed by atoms with Gasteiger partial charge in [-0.1, -0.05) is 24.3 Å². The molecule has 0 N–H and O–H groups in total. The Balaban J connectivity index is 1.91. The zero-order valence-electron chi connectivity index (χ0n) is 12.1. The summed E-state index contributed by atoms with van der Waals surface area (Å²) in [4.78, 5) is 0. The quantitative estimate of drug-likeness (QED) is 0.742. The lowest BCUT2D eigenvalue weighted by molar-refractivity contribution is 0.108. The zero-order chi connectivity index (χ0) is 13.2. The van der Waals surface area contributed by atoms with Gasteiger partial charge >= 0.3 is 0 Å². The van der Waals surface area contributed by atoms with Gasteiger partial charge in [-0.3, -0.25) is 5.01 Å². The van der Waals surface area contributed by atoms with Crippen molar-refractivity contribution < 1.29 is 0 Å². The second-order valence-corrected chi connectivity index (χ2v) is 6.07. The van der Waals surface area contributed by atoms with Crippen LogP contribution in [0.3, 0.4) is 0 Å². The molecule has 2 unspecified atom stereocenters. The van der Waals surface area contributed by atoms with Gasteiger partial charge in [0.25, 0.3) is 0 Å². The average molecular weight is 256 g/mol. The van der Waals surface area contributed by atoms with Gasteiger partial charge in [0.15, 0.2) is 0 Å². The maximum absolute atomic E-state index is 5.05. The van der Waals surface area contributed by atoms with Gasteiger partial charge in [0.2, 0.25) is 0 Å². The first kappa shape index (κ1) is 12.7. The fraction of sp³-hybridized carbons (Fsp3) is 0.588. The molecular weight excluding hydrogens is 232 g/mol. The molecule has 0 bridgehead atoms. The molecule has 0 amide bonds. The third kappa shape index (κ3) is 2.54. The van der Waals surface area contributed by atoms with Crippen molar-refractivity contribution in [2.24, 2.45) is 5.10 Å². The van der Waals surface area contributed by atoms with Crippen molar-refractivity contribution in [3.05, 3.63) is 35.4 Å². The number of hydrogen-bond donors (Lipinski definition) is 0. The molecule has 0 spiro atoms. The highest BCUT2D eigenvalue weighted by atomic mass is 15.5. The number of nitrogens with zero attached hydrogens (tertiary/aromatic N) is 2. The van der Waals surface area contributed by atoms with Crippen molar-refractivity contribution in [2.75, 3.05) is 0 Å². The number of hydrazone groups is 1. The summed E-state index contributed by atoms with van der Waals surface area (Å²) in [7, 11) is 0. The van der Waals surface area contributed by atoms with Gasteiger partial charge in [0.05, 0.1) is 5.71 Å². The molecule has 2 nitrogen and oxygen atoms in total. The molecule has 1 aliphatic heterocycles. The lowest BCUT2D eigenvalue weighted by Crippen LogP contribution is -2.40. The summed E-state index contributed by atoms with van der Waals surface area (Å²) in [6.45, 7) is 4.63. The van der Waals surface area contributed by atoms with E-state index < -0.39 is 0 Å². The Hall–Kier alpha value is -1.31. The fourth-order valence-electron chi connectivity index (χ4n) is 3.45. The highest BCUT2D eigenvalue weighted by Crippen LogP contribution is 2.26. The van der Waals surface area contributed by atoms with E-state index >= 15 is 0 Å². The molecule has 1 fully saturated rings. The van der Waals surface area contributed by atoms with Crippen molar-refractivity contribution in [3.8, 4) is 0 Å². The first-order valence-corrected chi connectivity index (χ1v) is 7.70. The molecule has 3 rings (SSSR count). The van der Waals surface area contributed by atoms with Crippen LogP contribution in [-0.4, -0.2) is 22.8 Å². The van der Waals surface area contributed by atoms with Crippen LogP contribution in [0.4, 0.5) is 0 Å². The van der Waals surface area contributed by atoms with E-state index in [4.69, 9.17) is 5.10 Å². The van der Waals surface area contributed by atoms with Crippen molar-refractivity contribution in [2.45, 2.75) is 64.5 Å². The first-order valence-electron chi connectivity index (χ1n) is 7.70. The summed E-state index contributed by atoms with van der Waals surface area (Å²) >= 11 is 0. The minimum absolute atomic E-state index is 0.588. The van der Waals surface area contributed by atoms with Crippen LogP contribution < -0.4 is 0 Å². The molecule has 1 aromatic rings. The number of hydrogen-bond acceptors (Lipinski definition) is 2. The Kier molecular flexibility index (Phi) is 3.58. The van der Waals surface area contributed by atoms with E-state index in [9.17, 15) is 0 Å². The maximum Gasteiger partial charge on any atom is 0.0680 e. The Labute approximate surface area is 116 Å². The standard InChI is InChI=1S/C17H24N2/c1-13-7-5-8-14(2)19(13)18-17-12-6-10-15-9-3-4-11-16(15)17/h3-4,9,11,13-14H,5-8,10,12H2,1-2H3. The summed E-state index contributed by atoms with van der Waals surface area (Å²) < 4.78 is 0. The molecule has 2 atom stereocenters. The van der Waals surface area contributed by atoms with E-state index in [0.717, 1.165) is 6.42 Å². The number of rotatable bonds is 1. The van der Waals surface area contributed by atoms with E-state index in [2.05, 4.69) is 43.1 Å². The molecule has 0 radical (unpaired) electrons. The number of fused-ring (bicyclic) bond motifs is 1. The topological polar surface area (TPSA) is 15.6 Å². The Bertz CT molecular complexity index is 468. The summed E-state index contributed by atoms with van der Waals surface area (Å²) in [6, 6.07) is 9.96. The summed E-state index contributed by atoms with van der Waals surface area (Å²) in [5.41, 5.74) is 4.17. The van der Waals surface area contributed by atoms with Crippen molar-refractivity contribution in [1.82, 2.24) is 5.01 Å². The normalized spacial score (nSPS) is 29.4. The van der Waals surface area contributed by atoms with Crippen LogP contribution in [0.2, 0.25) is 0 Å². The molecule has 1 saturated heterocycles. The molecule has 1 heterocycles. The monoisotopic (exact) mass is 256 g/mol. The van der Waals surface area contributed by atoms with Crippen LogP contribution >= 0.6 is 0 Å². The van der Waals surface area contributed by atoms with Gasteiger partial charge in [-0.2, -0.15) is 5.10 Å². The lowest BCUT2D eigenvalue weighted by atomic mass is 9.90. The van der Waals surface area contributed by atoms with Crippen LogP contribution in [0.25, 0.3) is 0 Å². The van der Waals surface area contributed by atoms with E-state index in [1.165, 1.54) is 48.9 Å². The molecule has 2 heteroatoms. The molecule has 0 saturated carbocycles. The zero-order valence-corrected chi connectivity index (χ0v) is 12.1. The van der Waals surface area contributed by atoms with Gasteiger partial charge in [0, 0.05) is 17.6 Å². The highest BCUT2D eigenvalue weighted by Gasteiger charge is 2.25. The van der Waals surface area contributed by atoms with Crippen LogP contribution in [0.15, 0.2) is 29.4 Å². The SMILES string of the molecule is CC1CCCC(C)N1N=C1CCCc2ccccc21. The molecular formula is C17H24N2. The number of benzene rings is 1. The van der Waals surface area contributed by atoms with Gasteiger partial charge in [-0.15, -0.1) is 0 Å². The number of aryl methyl sites for hydroxylation is 1. The summed E-state index contributed by atoms with van der Waals surface area (Å²) in [6.07, 6.45) is 7.49. The van der Waals surface area contributed by atoms with E-state index in [-0.39, 0.29) is 0 Å². The van der Waals surface area contributed by atoms with Crippen molar-refractivity contribution in [3.63, 3.8) is 0 Å². The van der Waals surface area contributed by atoms with Crippen LogP contribution in [0.1, 0.15) is 57.1 Å². The summed E-state index contributed by atoms with van der Waals surface area (Å²) in [5.74, 6) is 0. The van der Waals surface area contributed by atoms with Crippen molar-refractivity contribution >= 4 is 5.71 Å². The Morgan fingerprint density at radius 3 is 2.53 bits per heavy atom. The van der Waals surface area contributed by atoms with Crippen LogP contribution in [0, 0.1) is 0 Å². The molecule has 0 aromatic heterocycles. The van der Waals surface area contributed by atoms with Crippen LogP contribution in [0.5, 0.6) is 0 Å². The minimum Gasteiger partial charge on any atom is -0.291 e. The van der Waals surface area contributed by atoms with Gasteiger partial charge in [-0.25, -0.2) is 0 Å². The third-order valence-corrected chi connectivity index (χ3v) is 4.57. The second-order valence-electron chi connectivity index (χ2n) is 6.07. The second kappa shape index (κ2) is 5.36. The predicted octanol–water partition coefficient (Wildman–Crippen LogP) is 3.99. The molecule has 1 aliphatic carbocycles. The van der Waals surface area contributed by atoms with E-state index in [1.54, 1.807) is 0 Å². The van der Waals surface area contributed by atoms with Crippen LogP contribution in [-0.2, 0) is 6.42 Å². The smallest absolute Gasteiger partial charge is 0.0680 e. The molecule has 1 aromatic carbocycles. The fourth-order valence-corrected chi connectivity index (χ4v) is 3.45. The first-order chi connectivity index (χ1) is 9.25. The third-order valence-electron chi connectivity index (χ3n) is 4.57. The molecule has 102 valence electrons. The Morgan fingerprint density at radius 2 is 1.74 bits per heavy atom. The Morgan fingerprint density at radius 1 is 1.00 bits per heavy atom. The maximum atomic E-state index is 5.05. The molecule has 19 heavy (non-hydrogen) atoms. The van der Waals surface area contributed by atoms with E-state index in [0.29, 0.717) is 12.1 Å². The highest BCUT2D eigenvalue weighted by molar-refractivity contribution is 6.02. The molecule has 2 aliphatic rings. The van der Waals surface area contributed by atoms with Gasteiger partial charge in [-0.05, 0) is 57.9 Å². The minimum atomic E-state index is 0.588.